The Bertz CT molecular complexity index is 484. The number of hydrogen-bond acceptors (Lipinski definition) is 3. The molecule has 1 amide bonds. The van der Waals surface area contributed by atoms with Crippen molar-refractivity contribution in [3.63, 3.8) is 0 Å². The van der Waals surface area contributed by atoms with Crippen molar-refractivity contribution in [2.75, 3.05) is 26.2 Å². The first-order valence-corrected chi connectivity index (χ1v) is 8.56. The van der Waals surface area contributed by atoms with Gasteiger partial charge in [0.05, 0.1) is 0 Å². The predicted octanol–water partition coefficient (Wildman–Crippen LogP) is 2.16. The van der Waals surface area contributed by atoms with Gasteiger partial charge in [-0.2, -0.15) is 0 Å². The number of likely N-dealkylation sites (tertiary alicyclic amines) is 2. The van der Waals surface area contributed by atoms with E-state index in [0.29, 0.717) is 12.5 Å². The zero-order valence-electron chi connectivity index (χ0n) is 13.3. The van der Waals surface area contributed by atoms with Gasteiger partial charge in [-0.25, -0.2) is 0 Å². The fourth-order valence-corrected chi connectivity index (χ4v) is 3.74. The molecule has 4 heteroatoms. The van der Waals surface area contributed by atoms with Crippen molar-refractivity contribution in [2.45, 2.75) is 44.2 Å². The van der Waals surface area contributed by atoms with Crippen molar-refractivity contribution in [3.8, 4) is 0 Å². The largest absolute Gasteiger partial charge is 0.338 e. The highest BCUT2D eigenvalue weighted by atomic mass is 16.2. The summed E-state index contributed by atoms with van der Waals surface area (Å²) in [6, 6.07) is 10.1. The number of amides is 1. The number of nitrogens with two attached hydrogens (primary N) is 1. The highest BCUT2D eigenvalue weighted by molar-refractivity contribution is 5.77. The SMILES string of the molecule is NC(CC(=O)N1CCCC1CN1CCCC1)c1ccccc1. The smallest absolute Gasteiger partial charge is 0.224 e. The summed E-state index contributed by atoms with van der Waals surface area (Å²) >= 11 is 0. The lowest BCUT2D eigenvalue weighted by atomic mass is 10.0. The Kier molecular flexibility index (Phi) is 5.11. The second-order valence-corrected chi connectivity index (χ2v) is 6.61. The quantitative estimate of drug-likeness (QED) is 0.907. The summed E-state index contributed by atoms with van der Waals surface area (Å²) in [7, 11) is 0. The molecule has 2 N–H and O–H groups in total. The van der Waals surface area contributed by atoms with Gasteiger partial charge in [0.15, 0.2) is 0 Å². The molecule has 0 spiro atoms. The molecule has 2 atom stereocenters. The van der Waals surface area contributed by atoms with Gasteiger partial charge in [-0.15, -0.1) is 0 Å². The molecule has 0 aromatic heterocycles. The molecule has 2 fully saturated rings. The minimum atomic E-state index is -0.193. The van der Waals surface area contributed by atoms with Crippen LogP contribution in [0.25, 0.3) is 0 Å². The van der Waals surface area contributed by atoms with Crippen molar-refractivity contribution >= 4 is 5.91 Å². The van der Waals surface area contributed by atoms with Gasteiger partial charge in [0.25, 0.3) is 0 Å². The number of hydrogen-bond donors (Lipinski definition) is 1. The van der Waals surface area contributed by atoms with Crippen LogP contribution in [0.2, 0.25) is 0 Å². The molecule has 0 radical (unpaired) electrons. The summed E-state index contributed by atoms with van der Waals surface area (Å²) in [6.07, 6.45) is 5.30. The fourth-order valence-electron chi connectivity index (χ4n) is 3.74. The van der Waals surface area contributed by atoms with Gasteiger partial charge < -0.3 is 15.5 Å². The fraction of sp³-hybridized carbons (Fsp3) is 0.611. The first-order valence-electron chi connectivity index (χ1n) is 8.56. The Hall–Kier alpha value is -1.39. The summed E-state index contributed by atoms with van der Waals surface area (Å²) < 4.78 is 0. The Labute approximate surface area is 133 Å². The minimum absolute atomic E-state index is 0.193. The van der Waals surface area contributed by atoms with E-state index in [4.69, 9.17) is 5.73 Å². The van der Waals surface area contributed by atoms with Gasteiger partial charge in [-0.3, -0.25) is 4.79 Å². The van der Waals surface area contributed by atoms with Crippen molar-refractivity contribution in [1.82, 2.24) is 9.80 Å². The molecule has 1 aromatic carbocycles. The summed E-state index contributed by atoms with van der Waals surface area (Å²) in [5.41, 5.74) is 7.26. The Balaban J connectivity index is 1.56. The lowest BCUT2D eigenvalue weighted by Crippen LogP contribution is -2.43. The number of rotatable bonds is 5. The van der Waals surface area contributed by atoms with Crippen LogP contribution in [-0.4, -0.2) is 47.9 Å². The molecule has 1 aromatic rings. The molecule has 2 saturated heterocycles. The molecule has 0 saturated carbocycles. The van der Waals surface area contributed by atoms with Gasteiger partial charge in [0, 0.05) is 31.6 Å². The Morgan fingerprint density at radius 1 is 1.14 bits per heavy atom. The van der Waals surface area contributed by atoms with E-state index in [1.807, 2.05) is 30.3 Å². The van der Waals surface area contributed by atoms with Gasteiger partial charge >= 0.3 is 0 Å². The molecular weight excluding hydrogens is 274 g/mol. The molecule has 2 aliphatic rings. The number of nitrogens with zero attached hydrogens (tertiary/aromatic N) is 2. The van der Waals surface area contributed by atoms with Crippen LogP contribution >= 0.6 is 0 Å². The lowest BCUT2D eigenvalue weighted by molar-refractivity contribution is -0.132. The van der Waals surface area contributed by atoms with Crippen LogP contribution in [0.1, 0.15) is 43.7 Å². The molecule has 22 heavy (non-hydrogen) atoms. The molecule has 2 unspecified atom stereocenters. The van der Waals surface area contributed by atoms with Crippen LogP contribution in [0, 0.1) is 0 Å². The molecule has 0 aliphatic carbocycles. The normalized spacial score (nSPS) is 23.9. The third-order valence-electron chi connectivity index (χ3n) is 4.99. The highest BCUT2D eigenvalue weighted by Gasteiger charge is 2.31. The second-order valence-electron chi connectivity index (χ2n) is 6.61. The first kappa shape index (κ1) is 15.5. The average molecular weight is 301 g/mol. The zero-order chi connectivity index (χ0) is 15.4. The van der Waals surface area contributed by atoms with E-state index in [2.05, 4.69) is 9.80 Å². The molecule has 2 aliphatic heterocycles. The topological polar surface area (TPSA) is 49.6 Å². The van der Waals surface area contributed by atoms with Crippen LogP contribution in [0.5, 0.6) is 0 Å². The van der Waals surface area contributed by atoms with E-state index >= 15 is 0 Å². The van der Waals surface area contributed by atoms with E-state index < -0.39 is 0 Å². The van der Waals surface area contributed by atoms with E-state index in [-0.39, 0.29) is 11.9 Å². The van der Waals surface area contributed by atoms with Crippen molar-refractivity contribution in [2.24, 2.45) is 5.73 Å². The van der Waals surface area contributed by atoms with Crippen LogP contribution in [0.3, 0.4) is 0 Å². The summed E-state index contributed by atoms with van der Waals surface area (Å²) in [6.45, 7) is 4.34. The number of carbonyl (C=O) groups is 1. The highest BCUT2D eigenvalue weighted by Crippen LogP contribution is 2.23. The number of carbonyl (C=O) groups excluding carboxylic acids is 1. The van der Waals surface area contributed by atoms with E-state index in [1.54, 1.807) is 0 Å². The first-order chi connectivity index (χ1) is 10.7. The zero-order valence-corrected chi connectivity index (χ0v) is 13.3. The minimum Gasteiger partial charge on any atom is -0.338 e. The van der Waals surface area contributed by atoms with E-state index in [0.717, 1.165) is 31.5 Å². The van der Waals surface area contributed by atoms with Gasteiger partial charge in [0.2, 0.25) is 5.91 Å². The van der Waals surface area contributed by atoms with E-state index in [9.17, 15) is 4.79 Å². The third kappa shape index (κ3) is 3.68. The maximum atomic E-state index is 12.6. The van der Waals surface area contributed by atoms with Crippen LogP contribution < -0.4 is 5.73 Å². The summed E-state index contributed by atoms with van der Waals surface area (Å²) in [5, 5.41) is 0. The Morgan fingerprint density at radius 3 is 2.59 bits per heavy atom. The van der Waals surface area contributed by atoms with Crippen molar-refractivity contribution < 1.29 is 4.79 Å². The second kappa shape index (κ2) is 7.25. The van der Waals surface area contributed by atoms with Crippen molar-refractivity contribution in [1.29, 1.82) is 0 Å². The van der Waals surface area contributed by atoms with E-state index in [1.165, 1.54) is 25.9 Å². The van der Waals surface area contributed by atoms with Gasteiger partial charge in [-0.1, -0.05) is 30.3 Å². The molecule has 4 nitrogen and oxygen atoms in total. The standard InChI is InChI=1S/C18H27N3O/c19-17(15-7-2-1-3-8-15)13-18(22)21-12-6-9-16(21)14-20-10-4-5-11-20/h1-3,7-8,16-17H,4-6,9-14,19H2. The maximum Gasteiger partial charge on any atom is 0.224 e. The predicted molar refractivity (Wildman–Crippen MR) is 88.4 cm³/mol. The van der Waals surface area contributed by atoms with Gasteiger partial charge in [0.1, 0.15) is 0 Å². The maximum absolute atomic E-state index is 12.6. The van der Waals surface area contributed by atoms with Crippen LogP contribution in [0.4, 0.5) is 0 Å². The third-order valence-corrected chi connectivity index (χ3v) is 4.99. The molecular formula is C18H27N3O. The number of benzene rings is 1. The molecule has 2 heterocycles. The molecule has 0 bridgehead atoms. The monoisotopic (exact) mass is 301 g/mol. The molecule has 120 valence electrons. The van der Waals surface area contributed by atoms with Crippen molar-refractivity contribution in [3.05, 3.63) is 35.9 Å². The average Bonchev–Trinajstić information content (AvgIpc) is 3.20. The lowest BCUT2D eigenvalue weighted by Gasteiger charge is -2.29. The molecule has 3 rings (SSSR count). The van der Waals surface area contributed by atoms with Crippen LogP contribution in [-0.2, 0) is 4.79 Å². The van der Waals surface area contributed by atoms with Gasteiger partial charge in [-0.05, 0) is 44.3 Å². The Morgan fingerprint density at radius 2 is 1.86 bits per heavy atom. The summed E-state index contributed by atoms with van der Waals surface area (Å²) in [4.78, 5) is 17.2. The summed E-state index contributed by atoms with van der Waals surface area (Å²) in [5.74, 6) is 0.220. The van der Waals surface area contributed by atoms with Crippen LogP contribution in [0.15, 0.2) is 30.3 Å².